The molecule has 0 saturated carbocycles. The fourth-order valence-corrected chi connectivity index (χ4v) is 3.06. The summed E-state index contributed by atoms with van der Waals surface area (Å²) in [6.07, 6.45) is 0. The van der Waals surface area contributed by atoms with Gasteiger partial charge in [-0.15, -0.1) is 11.3 Å². The van der Waals surface area contributed by atoms with Crippen molar-refractivity contribution in [1.29, 1.82) is 0 Å². The highest BCUT2D eigenvalue weighted by molar-refractivity contribution is 7.11. The smallest absolute Gasteiger partial charge is 0.105 e. The predicted octanol–water partition coefficient (Wildman–Crippen LogP) is 3.82. The first kappa shape index (κ1) is 13.3. The third kappa shape index (κ3) is 2.82. The number of rotatable bonds is 4. The van der Waals surface area contributed by atoms with E-state index in [1.165, 1.54) is 10.4 Å². The van der Waals surface area contributed by atoms with Crippen LogP contribution in [0.4, 0.5) is 0 Å². The van der Waals surface area contributed by atoms with E-state index in [9.17, 15) is 0 Å². The second-order valence-corrected chi connectivity index (χ2v) is 6.00. The summed E-state index contributed by atoms with van der Waals surface area (Å²) in [5.74, 6) is 1.98. The SMILES string of the molecule is Cc1cc(C(C)NCc2sc(C)nc2C)c(C)o1. The van der Waals surface area contributed by atoms with Crippen molar-refractivity contribution in [1.82, 2.24) is 10.3 Å². The van der Waals surface area contributed by atoms with E-state index in [1.807, 2.05) is 20.8 Å². The Hall–Kier alpha value is -1.13. The van der Waals surface area contributed by atoms with Crippen molar-refractivity contribution in [3.05, 3.63) is 38.7 Å². The first-order chi connectivity index (χ1) is 8.47. The molecule has 0 spiro atoms. The van der Waals surface area contributed by atoms with Gasteiger partial charge in [0.05, 0.1) is 10.7 Å². The van der Waals surface area contributed by atoms with Crippen LogP contribution in [0.3, 0.4) is 0 Å². The van der Waals surface area contributed by atoms with Gasteiger partial charge >= 0.3 is 0 Å². The maximum absolute atomic E-state index is 5.57. The number of hydrogen-bond acceptors (Lipinski definition) is 4. The molecule has 1 N–H and O–H groups in total. The maximum atomic E-state index is 5.57. The minimum atomic E-state index is 0.296. The summed E-state index contributed by atoms with van der Waals surface area (Å²) < 4.78 is 5.57. The molecule has 0 bridgehead atoms. The molecule has 0 aliphatic rings. The van der Waals surface area contributed by atoms with E-state index in [1.54, 1.807) is 11.3 Å². The average molecular weight is 264 g/mol. The molecule has 3 nitrogen and oxygen atoms in total. The van der Waals surface area contributed by atoms with Crippen LogP contribution in [-0.4, -0.2) is 4.98 Å². The molecule has 98 valence electrons. The van der Waals surface area contributed by atoms with Crippen molar-refractivity contribution < 1.29 is 4.42 Å². The largest absolute Gasteiger partial charge is 0.466 e. The number of hydrogen-bond donors (Lipinski definition) is 1. The summed E-state index contributed by atoms with van der Waals surface area (Å²) in [6, 6.07) is 2.40. The number of aromatic nitrogens is 1. The Morgan fingerprint density at radius 3 is 2.56 bits per heavy atom. The van der Waals surface area contributed by atoms with Crippen LogP contribution in [0.15, 0.2) is 10.5 Å². The molecule has 0 aliphatic carbocycles. The van der Waals surface area contributed by atoms with E-state index < -0.39 is 0 Å². The van der Waals surface area contributed by atoms with Gasteiger partial charge in [-0.05, 0) is 40.7 Å². The molecule has 0 saturated heterocycles. The summed E-state index contributed by atoms with van der Waals surface area (Å²) in [5, 5.41) is 4.67. The second-order valence-electron chi connectivity index (χ2n) is 4.71. The lowest BCUT2D eigenvalue weighted by atomic mass is 10.1. The lowest BCUT2D eigenvalue weighted by Crippen LogP contribution is -2.18. The van der Waals surface area contributed by atoms with Crippen LogP contribution in [-0.2, 0) is 6.54 Å². The van der Waals surface area contributed by atoms with Crippen LogP contribution in [0.2, 0.25) is 0 Å². The van der Waals surface area contributed by atoms with Crippen LogP contribution < -0.4 is 5.32 Å². The van der Waals surface area contributed by atoms with Gasteiger partial charge in [-0.1, -0.05) is 0 Å². The van der Waals surface area contributed by atoms with E-state index in [-0.39, 0.29) is 0 Å². The second kappa shape index (κ2) is 5.24. The highest BCUT2D eigenvalue weighted by Crippen LogP contribution is 2.23. The molecule has 18 heavy (non-hydrogen) atoms. The van der Waals surface area contributed by atoms with Gasteiger partial charge in [0.2, 0.25) is 0 Å². The lowest BCUT2D eigenvalue weighted by molar-refractivity contribution is 0.490. The number of furan rings is 1. The molecule has 2 aromatic heterocycles. The molecule has 0 aliphatic heterocycles. The fourth-order valence-electron chi connectivity index (χ4n) is 2.17. The van der Waals surface area contributed by atoms with Crippen LogP contribution in [0.25, 0.3) is 0 Å². The Bertz CT molecular complexity index is 542. The number of thiazole rings is 1. The van der Waals surface area contributed by atoms with Gasteiger partial charge < -0.3 is 9.73 Å². The Balaban J connectivity index is 2.02. The molecule has 1 atom stereocenters. The lowest BCUT2D eigenvalue weighted by Gasteiger charge is -2.12. The Morgan fingerprint density at radius 1 is 1.33 bits per heavy atom. The first-order valence-electron chi connectivity index (χ1n) is 6.20. The van der Waals surface area contributed by atoms with Gasteiger partial charge in [0.15, 0.2) is 0 Å². The molecule has 0 amide bonds. The van der Waals surface area contributed by atoms with Gasteiger partial charge in [-0.3, -0.25) is 0 Å². The van der Waals surface area contributed by atoms with Gasteiger partial charge in [0.25, 0.3) is 0 Å². The molecule has 0 fully saturated rings. The van der Waals surface area contributed by atoms with Gasteiger partial charge in [-0.2, -0.15) is 0 Å². The summed E-state index contributed by atoms with van der Waals surface area (Å²) >= 11 is 1.76. The van der Waals surface area contributed by atoms with Gasteiger partial charge in [-0.25, -0.2) is 4.98 Å². The van der Waals surface area contributed by atoms with Crippen LogP contribution in [0.5, 0.6) is 0 Å². The molecule has 0 aromatic carbocycles. The normalized spacial score (nSPS) is 12.9. The van der Waals surface area contributed by atoms with E-state index in [0.29, 0.717) is 6.04 Å². The monoisotopic (exact) mass is 264 g/mol. The molecule has 4 heteroatoms. The van der Waals surface area contributed by atoms with Crippen LogP contribution in [0, 0.1) is 27.7 Å². The minimum absolute atomic E-state index is 0.296. The van der Waals surface area contributed by atoms with Crippen molar-refractivity contribution >= 4 is 11.3 Å². The first-order valence-corrected chi connectivity index (χ1v) is 7.02. The Morgan fingerprint density at radius 2 is 2.06 bits per heavy atom. The van der Waals surface area contributed by atoms with E-state index >= 15 is 0 Å². The van der Waals surface area contributed by atoms with E-state index in [0.717, 1.165) is 28.8 Å². The third-order valence-electron chi connectivity index (χ3n) is 3.11. The molecule has 2 heterocycles. The summed E-state index contributed by atoms with van der Waals surface area (Å²) in [5.41, 5.74) is 2.38. The van der Waals surface area contributed by atoms with E-state index in [4.69, 9.17) is 4.42 Å². The molecular formula is C14H20N2OS. The quantitative estimate of drug-likeness (QED) is 0.912. The summed E-state index contributed by atoms with van der Waals surface area (Å²) in [4.78, 5) is 5.76. The third-order valence-corrected chi connectivity index (χ3v) is 4.19. The van der Waals surface area contributed by atoms with Crippen LogP contribution in [0.1, 0.15) is 45.6 Å². The number of nitrogens with one attached hydrogen (secondary N) is 1. The van der Waals surface area contributed by atoms with Crippen molar-refractivity contribution in [3.63, 3.8) is 0 Å². The predicted molar refractivity (Wildman–Crippen MR) is 75.0 cm³/mol. The van der Waals surface area contributed by atoms with Crippen molar-refractivity contribution in [2.24, 2.45) is 0 Å². The maximum Gasteiger partial charge on any atom is 0.105 e. The highest BCUT2D eigenvalue weighted by atomic mass is 32.1. The molecule has 2 rings (SSSR count). The minimum Gasteiger partial charge on any atom is -0.466 e. The van der Waals surface area contributed by atoms with Crippen molar-refractivity contribution in [2.75, 3.05) is 0 Å². The zero-order chi connectivity index (χ0) is 13.3. The van der Waals surface area contributed by atoms with Gasteiger partial charge in [0.1, 0.15) is 11.5 Å². The van der Waals surface area contributed by atoms with Crippen molar-refractivity contribution in [2.45, 2.75) is 47.2 Å². The molecular weight excluding hydrogens is 244 g/mol. The molecule has 1 unspecified atom stereocenters. The highest BCUT2D eigenvalue weighted by Gasteiger charge is 2.13. The molecule has 0 radical (unpaired) electrons. The number of aryl methyl sites for hydroxylation is 4. The zero-order valence-corrected chi connectivity index (χ0v) is 12.4. The van der Waals surface area contributed by atoms with Crippen LogP contribution >= 0.6 is 11.3 Å². The zero-order valence-electron chi connectivity index (χ0n) is 11.6. The topological polar surface area (TPSA) is 38.1 Å². The fraction of sp³-hybridized carbons (Fsp3) is 0.500. The van der Waals surface area contributed by atoms with Crippen molar-refractivity contribution in [3.8, 4) is 0 Å². The Labute approximate surface area is 112 Å². The summed E-state index contributed by atoms with van der Waals surface area (Å²) in [6.45, 7) is 11.2. The molecule has 2 aromatic rings. The average Bonchev–Trinajstić information content (AvgIpc) is 2.78. The number of nitrogens with zero attached hydrogens (tertiary/aromatic N) is 1. The summed E-state index contributed by atoms with van der Waals surface area (Å²) in [7, 11) is 0. The Kier molecular flexibility index (Phi) is 3.88. The van der Waals surface area contributed by atoms with E-state index in [2.05, 4.69) is 30.2 Å². The van der Waals surface area contributed by atoms with Gasteiger partial charge in [0, 0.05) is 23.0 Å². The standard InChI is InChI=1S/C14H20N2OS/c1-8-6-13(11(4)17-8)9(2)15-7-14-10(3)16-12(5)18-14/h6,9,15H,7H2,1-5H3.